The molecule has 100 valence electrons. The van der Waals surface area contributed by atoms with Crippen LogP contribution in [0.4, 0.5) is 5.69 Å². The van der Waals surface area contributed by atoms with Gasteiger partial charge >= 0.3 is 0 Å². The van der Waals surface area contributed by atoms with Crippen molar-refractivity contribution in [2.45, 2.75) is 18.2 Å². The van der Waals surface area contributed by atoms with E-state index in [0.29, 0.717) is 22.6 Å². The molecule has 0 unspecified atom stereocenters. The summed E-state index contributed by atoms with van der Waals surface area (Å²) >= 11 is 0. The van der Waals surface area contributed by atoms with Crippen molar-refractivity contribution in [1.29, 1.82) is 0 Å². The molecule has 5 heteroatoms. The van der Waals surface area contributed by atoms with Crippen LogP contribution in [0.2, 0.25) is 0 Å². The number of aryl methyl sites for hydroxylation is 2. The first-order valence-electron chi connectivity index (χ1n) is 5.98. The fourth-order valence-corrected chi connectivity index (χ4v) is 3.44. The summed E-state index contributed by atoms with van der Waals surface area (Å²) < 4.78 is 24.5. The van der Waals surface area contributed by atoms with Gasteiger partial charge in [0.2, 0.25) is 0 Å². The molecule has 1 heterocycles. The Hall–Kier alpha value is -1.88. The van der Waals surface area contributed by atoms with E-state index in [1.807, 2.05) is 18.2 Å². The van der Waals surface area contributed by atoms with Crippen molar-refractivity contribution in [1.82, 2.24) is 4.98 Å². The highest BCUT2D eigenvalue weighted by Crippen LogP contribution is 2.19. The Kier molecular flexibility index (Phi) is 3.85. The molecule has 0 fully saturated rings. The van der Waals surface area contributed by atoms with Crippen LogP contribution < -0.4 is 5.73 Å². The second kappa shape index (κ2) is 5.40. The Bertz CT molecular complexity index is 667. The third-order valence-electron chi connectivity index (χ3n) is 2.89. The second-order valence-electron chi connectivity index (χ2n) is 4.41. The van der Waals surface area contributed by atoms with E-state index in [4.69, 9.17) is 5.73 Å². The highest BCUT2D eigenvalue weighted by atomic mass is 32.2. The van der Waals surface area contributed by atoms with Crippen LogP contribution in [0.5, 0.6) is 0 Å². The number of anilines is 1. The number of aromatic nitrogens is 1. The normalized spacial score (nSPS) is 11.4. The minimum absolute atomic E-state index is 0.0504. The monoisotopic (exact) mass is 276 g/mol. The fourth-order valence-electron chi connectivity index (χ4n) is 1.92. The minimum atomic E-state index is -3.30. The number of sulfone groups is 1. The summed E-state index contributed by atoms with van der Waals surface area (Å²) in [5.41, 5.74) is 7.66. The first-order chi connectivity index (χ1) is 8.99. The molecule has 0 atom stereocenters. The van der Waals surface area contributed by atoms with Crippen LogP contribution in [0.25, 0.3) is 0 Å². The summed E-state index contributed by atoms with van der Waals surface area (Å²) in [6, 6.07) is 10.3. The van der Waals surface area contributed by atoms with E-state index in [1.54, 1.807) is 31.3 Å². The lowest BCUT2D eigenvalue weighted by molar-refractivity contribution is 0.594. The van der Waals surface area contributed by atoms with Gasteiger partial charge in [-0.05, 0) is 42.8 Å². The highest BCUT2D eigenvalue weighted by Gasteiger charge is 2.17. The van der Waals surface area contributed by atoms with E-state index in [9.17, 15) is 8.42 Å². The predicted molar refractivity (Wildman–Crippen MR) is 75.6 cm³/mol. The largest absolute Gasteiger partial charge is 0.399 e. The molecule has 0 aliphatic carbocycles. The van der Waals surface area contributed by atoms with Crippen LogP contribution in [-0.4, -0.2) is 19.2 Å². The molecule has 1 aromatic heterocycles. The summed E-state index contributed by atoms with van der Waals surface area (Å²) in [6.07, 6.45) is 2.07. The van der Waals surface area contributed by atoms with Crippen LogP contribution in [0.15, 0.2) is 47.5 Å². The molecule has 0 amide bonds. The van der Waals surface area contributed by atoms with E-state index in [2.05, 4.69) is 4.98 Å². The van der Waals surface area contributed by atoms with Gasteiger partial charge in [0.25, 0.3) is 0 Å². The van der Waals surface area contributed by atoms with Crippen LogP contribution in [0.3, 0.4) is 0 Å². The van der Waals surface area contributed by atoms with Gasteiger partial charge in [-0.25, -0.2) is 8.42 Å². The number of hydrogen-bond acceptors (Lipinski definition) is 4. The molecule has 0 aliphatic heterocycles. The summed E-state index contributed by atoms with van der Waals surface area (Å²) in [5, 5.41) is 0. The van der Waals surface area contributed by atoms with Gasteiger partial charge in [-0.15, -0.1) is 0 Å². The van der Waals surface area contributed by atoms with E-state index < -0.39 is 9.84 Å². The number of nitrogens with two attached hydrogens (primary N) is 1. The second-order valence-corrected chi connectivity index (χ2v) is 6.49. The molecule has 2 N–H and O–H groups in total. The number of hydrogen-bond donors (Lipinski definition) is 1. The molecule has 19 heavy (non-hydrogen) atoms. The zero-order valence-corrected chi connectivity index (χ0v) is 11.5. The van der Waals surface area contributed by atoms with Gasteiger partial charge in [0.1, 0.15) is 0 Å². The molecule has 0 saturated heterocycles. The van der Waals surface area contributed by atoms with E-state index in [1.165, 1.54) is 0 Å². The van der Waals surface area contributed by atoms with Crippen molar-refractivity contribution in [3.63, 3.8) is 0 Å². The Morgan fingerprint density at radius 1 is 1.21 bits per heavy atom. The van der Waals surface area contributed by atoms with Gasteiger partial charge in [0.05, 0.1) is 10.6 Å². The van der Waals surface area contributed by atoms with Gasteiger partial charge in [-0.2, -0.15) is 0 Å². The first kappa shape index (κ1) is 13.5. The van der Waals surface area contributed by atoms with Crippen molar-refractivity contribution >= 4 is 15.5 Å². The summed E-state index contributed by atoms with van der Waals surface area (Å²) in [7, 11) is -3.30. The van der Waals surface area contributed by atoms with Gasteiger partial charge in [-0.1, -0.05) is 6.07 Å². The van der Waals surface area contributed by atoms with Crippen molar-refractivity contribution < 1.29 is 8.42 Å². The van der Waals surface area contributed by atoms with Crippen LogP contribution in [-0.2, 0) is 16.3 Å². The first-order valence-corrected chi connectivity index (χ1v) is 7.63. The summed E-state index contributed by atoms with van der Waals surface area (Å²) in [6.45, 7) is 1.75. The molecule has 0 spiro atoms. The third-order valence-corrected chi connectivity index (χ3v) is 4.76. The van der Waals surface area contributed by atoms with Gasteiger partial charge in [0.15, 0.2) is 9.84 Å². The maximum atomic E-state index is 12.3. The molecule has 0 radical (unpaired) electrons. The standard InChI is InChI=1S/C14H16N2O2S/c1-11-10-12(15)5-6-14(11)19(17,18)9-7-13-4-2-3-8-16-13/h2-6,8,10H,7,9,15H2,1H3. The Morgan fingerprint density at radius 2 is 2.00 bits per heavy atom. The van der Waals surface area contributed by atoms with Crippen LogP contribution in [0, 0.1) is 6.92 Å². The lowest BCUT2D eigenvalue weighted by atomic mass is 10.2. The molecule has 4 nitrogen and oxygen atoms in total. The third kappa shape index (κ3) is 3.32. The zero-order valence-electron chi connectivity index (χ0n) is 10.7. The molecule has 0 aliphatic rings. The maximum absolute atomic E-state index is 12.3. The number of nitrogen functional groups attached to an aromatic ring is 1. The Labute approximate surface area is 113 Å². The van der Waals surface area contributed by atoms with Crippen molar-refractivity contribution in [3.05, 3.63) is 53.9 Å². The van der Waals surface area contributed by atoms with E-state index >= 15 is 0 Å². The predicted octanol–water partition coefficient (Wildman–Crippen LogP) is 1.99. The van der Waals surface area contributed by atoms with Crippen molar-refractivity contribution in [3.8, 4) is 0 Å². The average Bonchev–Trinajstić information content (AvgIpc) is 2.37. The number of rotatable bonds is 4. The van der Waals surface area contributed by atoms with E-state index in [-0.39, 0.29) is 5.75 Å². The van der Waals surface area contributed by atoms with Gasteiger partial charge in [0, 0.05) is 24.0 Å². The van der Waals surface area contributed by atoms with Gasteiger partial charge < -0.3 is 5.73 Å². The Morgan fingerprint density at radius 3 is 2.63 bits per heavy atom. The molecule has 0 bridgehead atoms. The SMILES string of the molecule is Cc1cc(N)ccc1S(=O)(=O)CCc1ccccn1. The average molecular weight is 276 g/mol. The zero-order chi connectivity index (χ0) is 13.9. The van der Waals surface area contributed by atoms with Crippen molar-refractivity contribution in [2.24, 2.45) is 0 Å². The molecule has 1 aromatic carbocycles. The molecular weight excluding hydrogens is 260 g/mol. The fraction of sp³-hybridized carbons (Fsp3) is 0.214. The minimum Gasteiger partial charge on any atom is -0.399 e. The smallest absolute Gasteiger partial charge is 0.179 e. The Balaban J connectivity index is 2.19. The summed E-state index contributed by atoms with van der Waals surface area (Å²) in [4.78, 5) is 4.47. The topological polar surface area (TPSA) is 73.1 Å². The maximum Gasteiger partial charge on any atom is 0.179 e. The molecule has 2 aromatic rings. The van der Waals surface area contributed by atoms with Crippen molar-refractivity contribution in [2.75, 3.05) is 11.5 Å². The van der Waals surface area contributed by atoms with Crippen LogP contribution >= 0.6 is 0 Å². The molecule has 0 saturated carbocycles. The number of nitrogens with zero attached hydrogens (tertiary/aromatic N) is 1. The lowest BCUT2D eigenvalue weighted by Crippen LogP contribution is -2.11. The summed E-state index contributed by atoms with van der Waals surface area (Å²) in [5.74, 6) is 0.0504. The number of benzene rings is 1. The van der Waals surface area contributed by atoms with Gasteiger partial charge in [-0.3, -0.25) is 4.98 Å². The van der Waals surface area contributed by atoms with E-state index in [0.717, 1.165) is 5.69 Å². The number of pyridine rings is 1. The lowest BCUT2D eigenvalue weighted by Gasteiger charge is -2.08. The molecule has 2 rings (SSSR count). The highest BCUT2D eigenvalue weighted by molar-refractivity contribution is 7.91. The van der Waals surface area contributed by atoms with Crippen LogP contribution in [0.1, 0.15) is 11.3 Å². The quantitative estimate of drug-likeness (QED) is 0.867. The molecular formula is C14H16N2O2S.